The van der Waals surface area contributed by atoms with Crippen molar-refractivity contribution in [1.82, 2.24) is 20.6 Å². The van der Waals surface area contributed by atoms with Gasteiger partial charge in [-0.3, -0.25) is 4.79 Å². The zero-order valence-corrected chi connectivity index (χ0v) is 18.8. The number of rotatable bonds is 7. The van der Waals surface area contributed by atoms with Crippen LogP contribution in [-0.2, 0) is 17.9 Å². The van der Waals surface area contributed by atoms with Crippen LogP contribution >= 0.6 is 11.3 Å². The molecule has 2 aromatic rings. The van der Waals surface area contributed by atoms with E-state index >= 15 is 0 Å². The molecule has 0 atom stereocenters. The maximum Gasteiger partial charge on any atom is 0.220 e. The number of thiazole rings is 1. The minimum Gasteiger partial charge on any atom is -0.369 e. The highest BCUT2D eigenvalue weighted by Crippen LogP contribution is 2.25. The molecule has 0 saturated carbocycles. The number of primary amides is 1. The van der Waals surface area contributed by atoms with Crippen molar-refractivity contribution >= 4 is 29.0 Å². The lowest BCUT2D eigenvalue weighted by Crippen LogP contribution is -2.39. The standard InChI is InChI=1S/C21H31N7OS/c1-4-23-21(26-13-18-27-14(2)15(3)30-18)25-12-17-6-5-9-24-20(17)28-10-7-16(8-11-28)19(22)29/h5-6,9,16H,4,7-8,10-13H2,1-3H3,(H2,22,29)(H2,23,25,26). The van der Waals surface area contributed by atoms with E-state index in [4.69, 9.17) is 10.7 Å². The maximum atomic E-state index is 11.4. The van der Waals surface area contributed by atoms with Gasteiger partial charge in [-0.2, -0.15) is 0 Å². The summed E-state index contributed by atoms with van der Waals surface area (Å²) in [6, 6.07) is 4.00. The molecule has 3 heterocycles. The summed E-state index contributed by atoms with van der Waals surface area (Å²) < 4.78 is 0. The molecule has 4 N–H and O–H groups in total. The van der Waals surface area contributed by atoms with Crippen LogP contribution in [0.5, 0.6) is 0 Å². The number of amides is 1. The summed E-state index contributed by atoms with van der Waals surface area (Å²) in [7, 11) is 0. The Bertz CT molecular complexity index is 868. The lowest BCUT2D eigenvalue weighted by atomic mass is 9.96. The highest BCUT2D eigenvalue weighted by Gasteiger charge is 2.24. The summed E-state index contributed by atoms with van der Waals surface area (Å²) in [5.41, 5.74) is 7.61. The van der Waals surface area contributed by atoms with E-state index in [-0.39, 0.29) is 11.8 Å². The highest BCUT2D eigenvalue weighted by atomic mass is 32.1. The molecule has 9 heteroatoms. The molecule has 8 nitrogen and oxygen atoms in total. The second-order valence-corrected chi connectivity index (χ2v) is 8.74. The van der Waals surface area contributed by atoms with E-state index in [1.54, 1.807) is 17.5 Å². The maximum absolute atomic E-state index is 11.4. The predicted octanol–water partition coefficient (Wildman–Crippen LogP) is 2.11. The molecular formula is C21H31N7OS. The number of nitrogens with one attached hydrogen (secondary N) is 2. The van der Waals surface area contributed by atoms with Crippen molar-refractivity contribution < 1.29 is 4.79 Å². The number of piperidine rings is 1. The minimum absolute atomic E-state index is 0.0332. The summed E-state index contributed by atoms with van der Waals surface area (Å²) in [6.45, 7) is 9.67. The largest absolute Gasteiger partial charge is 0.369 e. The van der Waals surface area contributed by atoms with Crippen LogP contribution in [0, 0.1) is 19.8 Å². The van der Waals surface area contributed by atoms with Crippen molar-refractivity contribution in [1.29, 1.82) is 0 Å². The Hall–Kier alpha value is -2.68. The fourth-order valence-electron chi connectivity index (χ4n) is 3.49. The molecule has 0 bridgehead atoms. The number of carbonyl (C=O) groups excluding carboxylic acids is 1. The first-order valence-corrected chi connectivity index (χ1v) is 11.2. The van der Waals surface area contributed by atoms with E-state index in [9.17, 15) is 4.79 Å². The van der Waals surface area contributed by atoms with Crippen LogP contribution in [0.1, 0.15) is 40.9 Å². The average Bonchev–Trinajstić information content (AvgIpc) is 3.07. The van der Waals surface area contributed by atoms with E-state index in [2.05, 4.69) is 38.5 Å². The summed E-state index contributed by atoms with van der Waals surface area (Å²) in [5, 5.41) is 7.71. The van der Waals surface area contributed by atoms with Gasteiger partial charge in [-0.25, -0.2) is 15.0 Å². The molecule has 0 radical (unpaired) electrons. The van der Waals surface area contributed by atoms with Crippen LogP contribution < -0.4 is 21.3 Å². The molecule has 0 unspecified atom stereocenters. The zero-order valence-electron chi connectivity index (χ0n) is 17.9. The van der Waals surface area contributed by atoms with Crippen molar-refractivity contribution in [3.05, 3.63) is 39.5 Å². The number of anilines is 1. The second-order valence-electron chi connectivity index (χ2n) is 7.45. The predicted molar refractivity (Wildman–Crippen MR) is 122 cm³/mol. The first kappa shape index (κ1) is 22.0. The Balaban J connectivity index is 1.66. The van der Waals surface area contributed by atoms with Gasteiger partial charge in [0.15, 0.2) is 5.96 Å². The van der Waals surface area contributed by atoms with Crippen LogP contribution in [0.2, 0.25) is 0 Å². The molecule has 30 heavy (non-hydrogen) atoms. The van der Waals surface area contributed by atoms with E-state index in [1.165, 1.54) is 4.88 Å². The van der Waals surface area contributed by atoms with Crippen molar-refractivity contribution in [2.45, 2.75) is 46.7 Å². The van der Waals surface area contributed by atoms with Crippen molar-refractivity contribution in [2.24, 2.45) is 16.6 Å². The number of guanidine groups is 1. The lowest BCUT2D eigenvalue weighted by molar-refractivity contribution is -0.122. The van der Waals surface area contributed by atoms with Gasteiger partial charge in [-0.05, 0) is 39.7 Å². The highest BCUT2D eigenvalue weighted by molar-refractivity contribution is 7.11. The molecule has 1 aliphatic heterocycles. The molecule has 0 aliphatic carbocycles. The number of aliphatic imine (C=N–C) groups is 1. The topological polar surface area (TPSA) is 109 Å². The monoisotopic (exact) mass is 429 g/mol. The van der Waals surface area contributed by atoms with Gasteiger partial charge in [-0.1, -0.05) is 6.07 Å². The molecule has 3 rings (SSSR count). The summed E-state index contributed by atoms with van der Waals surface area (Å²) >= 11 is 1.71. The zero-order chi connectivity index (χ0) is 21.5. The Morgan fingerprint density at radius 1 is 1.33 bits per heavy atom. The lowest BCUT2D eigenvalue weighted by Gasteiger charge is -2.32. The number of hydrogen-bond donors (Lipinski definition) is 3. The van der Waals surface area contributed by atoms with Crippen molar-refractivity contribution in [2.75, 3.05) is 24.5 Å². The van der Waals surface area contributed by atoms with Gasteiger partial charge >= 0.3 is 0 Å². The Morgan fingerprint density at radius 2 is 2.10 bits per heavy atom. The number of aryl methyl sites for hydroxylation is 2. The Labute approximate surface area is 182 Å². The van der Waals surface area contributed by atoms with E-state index < -0.39 is 0 Å². The van der Waals surface area contributed by atoms with Gasteiger partial charge < -0.3 is 21.3 Å². The molecule has 0 aromatic carbocycles. The van der Waals surface area contributed by atoms with Gasteiger partial charge in [0.2, 0.25) is 5.91 Å². The fourth-order valence-corrected chi connectivity index (χ4v) is 4.37. The van der Waals surface area contributed by atoms with Gasteiger partial charge in [0.25, 0.3) is 0 Å². The number of nitrogens with zero attached hydrogens (tertiary/aromatic N) is 4. The van der Waals surface area contributed by atoms with Gasteiger partial charge in [0.1, 0.15) is 10.8 Å². The molecule has 2 aromatic heterocycles. The van der Waals surface area contributed by atoms with Gasteiger partial charge in [0, 0.05) is 42.2 Å². The molecule has 1 aliphatic rings. The Morgan fingerprint density at radius 3 is 2.73 bits per heavy atom. The number of aromatic nitrogens is 2. The normalized spacial score (nSPS) is 15.3. The fraction of sp³-hybridized carbons (Fsp3) is 0.524. The molecule has 1 amide bonds. The molecule has 1 fully saturated rings. The second kappa shape index (κ2) is 10.4. The molecule has 162 valence electrons. The average molecular weight is 430 g/mol. The number of pyridine rings is 1. The van der Waals surface area contributed by atoms with Gasteiger partial charge in [0.05, 0.1) is 18.8 Å². The van der Waals surface area contributed by atoms with Crippen molar-refractivity contribution in [3.8, 4) is 0 Å². The minimum atomic E-state index is -0.201. The SMILES string of the molecule is CCNC(=NCc1cccnc1N1CCC(C(N)=O)CC1)NCc1nc(C)c(C)s1. The molecule has 0 spiro atoms. The third kappa shape index (κ3) is 5.69. The quantitative estimate of drug-likeness (QED) is 0.459. The van der Waals surface area contributed by atoms with E-state index in [0.717, 1.165) is 60.5 Å². The summed E-state index contributed by atoms with van der Waals surface area (Å²) in [4.78, 5) is 28.8. The third-order valence-corrected chi connectivity index (χ3v) is 6.37. The van der Waals surface area contributed by atoms with E-state index in [0.29, 0.717) is 13.1 Å². The van der Waals surface area contributed by atoms with Gasteiger partial charge in [-0.15, -0.1) is 11.3 Å². The smallest absolute Gasteiger partial charge is 0.220 e. The van der Waals surface area contributed by atoms with E-state index in [1.807, 2.05) is 19.9 Å². The summed E-state index contributed by atoms with van der Waals surface area (Å²) in [6.07, 6.45) is 3.34. The first-order valence-electron chi connectivity index (χ1n) is 10.4. The number of nitrogens with two attached hydrogens (primary N) is 1. The Kier molecular flexibility index (Phi) is 7.62. The van der Waals surface area contributed by atoms with Crippen LogP contribution in [-0.4, -0.2) is 41.5 Å². The summed E-state index contributed by atoms with van der Waals surface area (Å²) in [5.74, 6) is 1.46. The molecule has 1 saturated heterocycles. The first-order chi connectivity index (χ1) is 14.5. The number of hydrogen-bond acceptors (Lipinski definition) is 6. The number of carbonyl (C=O) groups is 1. The van der Waals surface area contributed by atoms with Crippen LogP contribution in [0.25, 0.3) is 0 Å². The van der Waals surface area contributed by atoms with Crippen LogP contribution in [0.3, 0.4) is 0 Å². The third-order valence-electron chi connectivity index (χ3n) is 5.30. The van der Waals surface area contributed by atoms with Crippen LogP contribution in [0.15, 0.2) is 23.3 Å². The molecular weight excluding hydrogens is 398 g/mol. The van der Waals surface area contributed by atoms with Crippen LogP contribution in [0.4, 0.5) is 5.82 Å². The van der Waals surface area contributed by atoms with Crippen molar-refractivity contribution in [3.63, 3.8) is 0 Å².